The molecule has 24 heavy (non-hydrogen) atoms. The monoisotopic (exact) mass is 367 g/mol. The van der Waals surface area contributed by atoms with Crippen LogP contribution in [0.5, 0.6) is 0 Å². The fourth-order valence-electron chi connectivity index (χ4n) is 3.93. The number of esters is 1. The van der Waals surface area contributed by atoms with E-state index < -0.39 is 0 Å². The molecular formula is C18H25NO3S2. The first-order valence-electron chi connectivity index (χ1n) is 8.73. The number of rotatable bonds is 9. The zero-order chi connectivity index (χ0) is 16.8. The van der Waals surface area contributed by atoms with Crippen molar-refractivity contribution in [2.45, 2.75) is 37.9 Å². The molecule has 2 aliphatic rings. The van der Waals surface area contributed by atoms with Crippen LogP contribution in [0.2, 0.25) is 0 Å². The van der Waals surface area contributed by atoms with Gasteiger partial charge in [-0.15, -0.1) is 11.3 Å². The van der Waals surface area contributed by atoms with Gasteiger partial charge in [0.25, 0.3) is 5.91 Å². The number of hydrogen-bond acceptors (Lipinski definition) is 5. The Labute approximate surface area is 151 Å². The lowest BCUT2D eigenvalue weighted by Crippen LogP contribution is -2.31. The Hall–Kier alpha value is -1.01. The van der Waals surface area contributed by atoms with E-state index in [0.717, 1.165) is 23.3 Å². The largest absolute Gasteiger partial charge is 0.456 e. The molecule has 1 aromatic rings. The third kappa shape index (κ3) is 5.24. The van der Waals surface area contributed by atoms with Crippen molar-refractivity contribution in [3.8, 4) is 0 Å². The lowest BCUT2D eigenvalue weighted by molar-refractivity contribution is -0.149. The van der Waals surface area contributed by atoms with Gasteiger partial charge in [0, 0.05) is 29.3 Å². The number of carbonyl (C=O) groups is 2. The Morgan fingerprint density at radius 2 is 2.25 bits per heavy atom. The molecule has 4 nitrogen and oxygen atoms in total. The van der Waals surface area contributed by atoms with Crippen LogP contribution in [0.25, 0.3) is 0 Å². The molecule has 0 aliphatic heterocycles. The molecule has 2 aliphatic carbocycles. The summed E-state index contributed by atoms with van der Waals surface area (Å²) in [7, 11) is 0. The van der Waals surface area contributed by atoms with Crippen LogP contribution in [-0.2, 0) is 20.1 Å². The molecule has 132 valence electrons. The van der Waals surface area contributed by atoms with Crippen molar-refractivity contribution in [2.75, 3.05) is 18.9 Å². The van der Waals surface area contributed by atoms with E-state index in [1.807, 2.05) is 6.07 Å². The minimum Gasteiger partial charge on any atom is -0.456 e. The van der Waals surface area contributed by atoms with E-state index in [0.29, 0.717) is 18.9 Å². The summed E-state index contributed by atoms with van der Waals surface area (Å²) in [5.41, 5.74) is 0. The summed E-state index contributed by atoms with van der Waals surface area (Å²) in [5, 5.41) is 4.88. The number of amides is 1. The van der Waals surface area contributed by atoms with Crippen molar-refractivity contribution >= 4 is 35.0 Å². The molecule has 0 saturated heterocycles. The zero-order valence-electron chi connectivity index (χ0n) is 13.9. The van der Waals surface area contributed by atoms with Crippen molar-refractivity contribution in [3.05, 3.63) is 22.4 Å². The molecular weight excluding hydrogens is 342 g/mol. The van der Waals surface area contributed by atoms with Gasteiger partial charge >= 0.3 is 5.97 Å². The van der Waals surface area contributed by atoms with E-state index in [-0.39, 0.29) is 18.5 Å². The number of thioether (sulfide) groups is 1. The van der Waals surface area contributed by atoms with Crippen molar-refractivity contribution < 1.29 is 14.3 Å². The Morgan fingerprint density at radius 1 is 1.33 bits per heavy atom. The van der Waals surface area contributed by atoms with Crippen LogP contribution in [0.4, 0.5) is 0 Å². The lowest BCUT2D eigenvalue weighted by Gasteiger charge is -2.20. The van der Waals surface area contributed by atoms with E-state index in [1.165, 1.54) is 30.6 Å². The maximum Gasteiger partial charge on any atom is 0.306 e. The Bertz CT molecular complexity index is 546. The van der Waals surface area contributed by atoms with Crippen LogP contribution < -0.4 is 5.32 Å². The Balaban J connectivity index is 1.21. The Kier molecular flexibility index (Phi) is 6.60. The van der Waals surface area contributed by atoms with E-state index in [2.05, 4.69) is 16.8 Å². The third-order valence-electron chi connectivity index (χ3n) is 5.07. The fourth-order valence-corrected chi connectivity index (χ4v) is 5.63. The summed E-state index contributed by atoms with van der Waals surface area (Å²) < 4.78 is 5.13. The average molecular weight is 368 g/mol. The highest BCUT2D eigenvalue weighted by Gasteiger charge is 2.40. The maximum absolute atomic E-state index is 11.9. The highest BCUT2D eigenvalue weighted by Crippen LogP contribution is 2.49. The molecule has 0 radical (unpaired) electrons. The van der Waals surface area contributed by atoms with E-state index in [1.54, 1.807) is 23.1 Å². The SMILES string of the molecule is O=C(COC(=O)C[C@@H]1C[C@@H]2CC[C@@H]1C2)NCCSCc1cccs1. The standard InChI is InChI=1S/C18H25NO3S2/c20-17(19-5-7-23-12-16-2-1-6-24-16)11-22-18(21)10-15-9-13-3-4-14(15)8-13/h1-2,6,13-15H,3-5,7-12H2,(H,19,20)/t13-,14-,15+/m1/s1. The molecule has 0 unspecified atom stereocenters. The first-order chi connectivity index (χ1) is 11.7. The van der Waals surface area contributed by atoms with Gasteiger partial charge in [0.05, 0.1) is 0 Å². The molecule has 2 saturated carbocycles. The van der Waals surface area contributed by atoms with Gasteiger partial charge in [0.2, 0.25) is 0 Å². The lowest BCUT2D eigenvalue weighted by atomic mass is 9.86. The molecule has 1 amide bonds. The highest BCUT2D eigenvalue weighted by atomic mass is 32.2. The van der Waals surface area contributed by atoms with Crippen LogP contribution in [0, 0.1) is 17.8 Å². The van der Waals surface area contributed by atoms with Crippen LogP contribution in [0.15, 0.2) is 17.5 Å². The normalized spacial score (nSPS) is 24.9. The van der Waals surface area contributed by atoms with Crippen molar-refractivity contribution in [1.29, 1.82) is 0 Å². The summed E-state index contributed by atoms with van der Waals surface area (Å²) in [6.45, 7) is 0.466. The predicted molar refractivity (Wildman–Crippen MR) is 98.0 cm³/mol. The zero-order valence-corrected chi connectivity index (χ0v) is 15.5. The summed E-state index contributed by atoms with van der Waals surface area (Å²) in [5.74, 6) is 3.48. The minimum atomic E-state index is -0.213. The molecule has 3 atom stereocenters. The second-order valence-electron chi connectivity index (χ2n) is 6.78. The second kappa shape index (κ2) is 8.90. The number of thiophene rings is 1. The number of fused-ring (bicyclic) bond motifs is 2. The highest BCUT2D eigenvalue weighted by molar-refractivity contribution is 7.98. The molecule has 2 fully saturated rings. The van der Waals surface area contributed by atoms with E-state index in [9.17, 15) is 9.59 Å². The second-order valence-corrected chi connectivity index (χ2v) is 8.92. The van der Waals surface area contributed by atoms with Crippen LogP contribution in [-0.4, -0.2) is 30.8 Å². The van der Waals surface area contributed by atoms with E-state index in [4.69, 9.17) is 4.74 Å². The van der Waals surface area contributed by atoms with E-state index >= 15 is 0 Å². The average Bonchev–Trinajstić information content (AvgIpc) is 3.30. The molecule has 1 aromatic heterocycles. The van der Waals surface area contributed by atoms with Gasteiger partial charge in [-0.1, -0.05) is 12.5 Å². The van der Waals surface area contributed by atoms with Crippen molar-refractivity contribution in [3.63, 3.8) is 0 Å². The molecule has 3 rings (SSSR count). The minimum absolute atomic E-state index is 0.144. The summed E-state index contributed by atoms with van der Waals surface area (Å²) in [6.07, 6.45) is 5.56. The molecule has 2 bridgehead atoms. The number of ether oxygens (including phenoxy) is 1. The first-order valence-corrected chi connectivity index (χ1v) is 10.8. The fraction of sp³-hybridized carbons (Fsp3) is 0.667. The first kappa shape index (κ1) is 17.8. The van der Waals surface area contributed by atoms with Crippen LogP contribution >= 0.6 is 23.1 Å². The molecule has 1 N–H and O–H groups in total. The van der Waals surface area contributed by atoms with Gasteiger partial charge in [0.1, 0.15) is 0 Å². The number of nitrogens with one attached hydrogen (secondary N) is 1. The molecule has 1 heterocycles. The third-order valence-corrected chi connectivity index (χ3v) is 7.14. The smallest absolute Gasteiger partial charge is 0.306 e. The van der Waals surface area contributed by atoms with Gasteiger partial charge in [0.15, 0.2) is 6.61 Å². The van der Waals surface area contributed by atoms with Crippen molar-refractivity contribution in [2.24, 2.45) is 17.8 Å². The molecule has 0 aromatic carbocycles. The summed E-state index contributed by atoms with van der Waals surface area (Å²) in [4.78, 5) is 24.9. The molecule has 6 heteroatoms. The molecule has 0 spiro atoms. The van der Waals surface area contributed by atoms with Crippen LogP contribution in [0.3, 0.4) is 0 Å². The number of hydrogen-bond donors (Lipinski definition) is 1. The van der Waals surface area contributed by atoms with Gasteiger partial charge < -0.3 is 10.1 Å². The van der Waals surface area contributed by atoms with Gasteiger partial charge in [-0.25, -0.2) is 0 Å². The maximum atomic E-state index is 11.9. The van der Waals surface area contributed by atoms with Crippen molar-refractivity contribution in [1.82, 2.24) is 5.32 Å². The summed E-state index contributed by atoms with van der Waals surface area (Å²) in [6, 6.07) is 4.17. The quantitative estimate of drug-likeness (QED) is 0.536. The summed E-state index contributed by atoms with van der Waals surface area (Å²) >= 11 is 3.54. The van der Waals surface area contributed by atoms with Crippen LogP contribution in [0.1, 0.15) is 37.0 Å². The van der Waals surface area contributed by atoms with Gasteiger partial charge in [-0.05, 0) is 48.5 Å². The number of carbonyl (C=O) groups excluding carboxylic acids is 2. The van der Waals surface area contributed by atoms with Gasteiger partial charge in [-0.3, -0.25) is 9.59 Å². The Morgan fingerprint density at radius 3 is 2.96 bits per heavy atom. The topological polar surface area (TPSA) is 55.4 Å². The predicted octanol–water partition coefficient (Wildman–Crippen LogP) is 3.47. The van der Waals surface area contributed by atoms with Gasteiger partial charge in [-0.2, -0.15) is 11.8 Å².